The van der Waals surface area contributed by atoms with Crippen molar-refractivity contribution in [1.29, 1.82) is 0 Å². The van der Waals surface area contributed by atoms with Gasteiger partial charge in [0.25, 0.3) is 0 Å². The molecule has 1 heterocycles. The van der Waals surface area contributed by atoms with E-state index in [-0.39, 0.29) is 5.69 Å². The molecule has 0 fully saturated rings. The molecule has 0 radical (unpaired) electrons. The molecule has 0 unspecified atom stereocenters. The number of pyridine rings is 1. The van der Waals surface area contributed by atoms with E-state index in [4.69, 9.17) is 5.11 Å². The first-order valence-corrected chi connectivity index (χ1v) is 5.61. The molecule has 2 rings (SSSR count). The molecule has 1 aromatic heterocycles. The Hall–Kier alpha value is -2.64. The minimum Gasteiger partial charge on any atom is -0.478 e. The maximum atomic E-state index is 13.5. The van der Waals surface area contributed by atoms with Crippen LogP contribution < -0.4 is 5.32 Å². The number of nitrogens with one attached hydrogen (secondary N) is 1. The van der Waals surface area contributed by atoms with E-state index < -0.39 is 34.9 Å². The van der Waals surface area contributed by atoms with Crippen molar-refractivity contribution < 1.29 is 27.5 Å². The van der Waals surface area contributed by atoms with Gasteiger partial charge in [-0.15, -0.1) is 0 Å². The fourth-order valence-electron chi connectivity index (χ4n) is 1.64. The number of aromatic carboxylic acids is 1. The zero-order chi connectivity index (χ0) is 15.6. The molecule has 0 amide bonds. The lowest BCUT2D eigenvalue weighted by Gasteiger charge is -2.13. The maximum Gasteiger partial charge on any atom is 0.419 e. The number of benzene rings is 1. The van der Waals surface area contributed by atoms with Gasteiger partial charge in [-0.05, 0) is 30.3 Å². The van der Waals surface area contributed by atoms with Gasteiger partial charge in [0.1, 0.15) is 11.6 Å². The van der Waals surface area contributed by atoms with Crippen LogP contribution in [0.1, 0.15) is 15.9 Å². The summed E-state index contributed by atoms with van der Waals surface area (Å²) in [6.45, 7) is 0. The summed E-state index contributed by atoms with van der Waals surface area (Å²) >= 11 is 0. The zero-order valence-corrected chi connectivity index (χ0v) is 10.3. The highest BCUT2D eigenvalue weighted by Gasteiger charge is 2.34. The number of hydrogen-bond acceptors (Lipinski definition) is 3. The smallest absolute Gasteiger partial charge is 0.419 e. The molecule has 0 aliphatic rings. The first kappa shape index (κ1) is 14.8. The van der Waals surface area contributed by atoms with Crippen LogP contribution >= 0.6 is 0 Å². The predicted molar refractivity (Wildman–Crippen MR) is 65.9 cm³/mol. The van der Waals surface area contributed by atoms with Gasteiger partial charge in [0, 0.05) is 11.9 Å². The van der Waals surface area contributed by atoms with Gasteiger partial charge in [-0.1, -0.05) is 0 Å². The van der Waals surface area contributed by atoms with Crippen molar-refractivity contribution in [2.45, 2.75) is 6.18 Å². The molecule has 0 aliphatic carbocycles. The van der Waals surface area contributed by atoms with Crippen LogP contribution in [0.15, 0.2) is 36.5 Å². The minimum atomic E-state index is -4.61. The Bertz CT molecular complexity index is 686. The normalized spacial score (nSPS) is 11.2. The second-order valence-corrected chi connectivity index (χ2v) is 4.02. The number of rotatable bonds is 3. The van der Waals surface area contributed by atoms with Gasteiger partial charge >= 0.3 is 12.1 Å². The first-order valence-electron chi connectivity index (χ1n) is 5.61. The van der Waals surface area contributed by atoms with Gasteiger partial charge in [0.05, 0.1) is 11.1 Å². The molecule has 0 saturated carbocycles. The van der Waals surface area contributed by atoms with Crippen LogP contribution in [0, 0.1) is 5.82 Å². The third-order valence-electron chi connectivity index (χ3n) is 2.58. The highest BCUT2D eigenvalue weighted by molar-refractivity contribution is 5.88. The second-order valence-electron chi connectivity index (χ2n) is 4.02. The van der Waals surface area contributed by atoms with Crippen molar-refractivity contribution in [3.05, 3.63) is 53.5 Å². The topological polar surface area (TPSA) is 62.2 Å². The van der Waals surface area contributed by atoms with Crippen molar-refractivity contribution >= 4 is 17.5 Å². The lowest BCUT2D eigenvalue weighted by molar-refractivity contribution is -0.137. The Balaban J connectivity index is 2.35. The molecule has 2 aromatic rings. The standard InChI is InChI=1S/C13H8F4N2O2/c14-10-6-7(3-4-8(10)12(20)21)19-11-9(13(15,16)17)2-1-5-18-11/h1-6H,(H,18,19)(H,20,21). The second kappa shape index (κ2) is 5.39. The van der Waals surface area contributed by atoms with Crippen molar-refractivity contribution in [2.24, 2.45) is 0 Å². The summed E-state index contributed by atoms with van der Waals surface area (Å²) in [5, 5.41) is 11.0. The zero-order valence-electron chi connectivity index (χ0n) is 10.3. The van der Waals surface area contributed by atoms with Gasteiger partial charge in [0.15, 0.2) is 0 Å². The molecule has 4 nitrogen and oxygen atoms in total. The Morgan fingerprint density at radius 3 is 2.52 bits per heavy atom. The van der Waals surface area contributed by atoms with Crippen LogP contribution in [0.3, 0.4) is 0 Å². The number of nitrogens with zero attached hydrogens (tertiary/aromatic N) is 1. The van der Waals surface area contributed by atoms with E-state index in [0.29, 0.717) is 0 Å². The van der Waals surface area contributed by atoms with Crippen LogP contribution in [0.2, 0.25) is 0 Å². The minimum absolute atomic E-state index is 0.0401. The van der Waals surface area contributed by atoms with Crippen molar-refractivity contribution in [1.82, 2.24) is 4.98 Å². The quantitative estimate of drug-likeness (QED) is 0.849. The Morgan fingerprint density at radius 1 is 1.24 bits per heavy atom. The lowest BCUT2D eigenvalue weighted by Crippen LogP contribution is -2.10. The number of carboxylic acids is 1. The Labute approximate surface area is 116 Å². The summed E-state index contributed by atoms with van der Waals surface area (Å²) in [6.07, 6.45) is -3.46. The molecule has 21 heavy (non-hydrogen) atoms. The van der Waals surface area contributed by atoms with Gasteiger partial charge in [-0.2, -0.15) is 13.2 Å². The van der Waals surface area contributed by atoms with Crippen molar-refractivity contribution in [3.8, 4) is 0 Å². The number of carboxylic acid groups (broad SMARTS) is 1. The van der Waals surface area contributed by atoms with E-state index in [1.54, 1.807) is 0 Å². The molecule has 0 atom stereocenters. The van der Waals surface area contributed by atoms with Gasteiger partial charge in [0.2, 0.25) is 0 Å². The van der Waals surface area contributed by atoms with Crippen LogP contribution in [-0.4, -0.2) is 16.1 Å². The van der Waals surface area contributed by atoms with E-state index in [9.17, 15) is 22.4 Å². The molecule has 110 valence electrons. The molecule has 1 aromatic carbocycles. The van der Waals surface area contributed by atoms with Crippen molar-refractivity contribution in [3.63, 3.8) is 0 Å². The van der Waals surface area contributed by atoms with Gasteiger partial charge < -0.3 is 10.4 Å². The molecule has 0 bridgehead atoms. The fraction of sp³-hybridized carbons (Fsp3) is 0.0769. The average Bonchev–Trinajstić information content (AvgIpc) is 2.37. The molecular formula is C13H8F4N2O2. The SMILES string of the molecule is O=C(O)c1ccc(Nc2ncccc2C(F)(F)F)cc1F. The van der Waals surface area contributed by atoms with Crippen LogP contribution in [0.5, 0.6) is 0 Å². The molecule has 0 saturated heterocycles. The Kier molecular flexibility index (Phi) is 3.79. The van der Waals surface area contributed by atoms with E-state index in [2.05, 4.69) is 10.3 Å². The van der Waals surface area contributed by atoms with E-state index >= 15 is 0 Å². The number of carbonyl (C=O) groups is 1. The number of alkyl halides is 3. The van der Waals surface area contributed by atoms with Crippen LogP contribution in [0.25, 0.3) is 0 Å². The summed E-state index contributed by atoms with van der Waals surface area (Å²) in [5.74, 6) is -3.02. The van der Waals surface area contributed by atoms with Crippen molar-refractivity contribution in [2.75, 3.05) is 5.32 Å². The molecule has 0 aliphatic heterocycles. The van der Waals surface area contributed by atoms with Crippen LogP contribution in [0.4, 0.5) is 29.1 Å². The summed E-state index contributed by atoms with van der Waals surface area (Å²) in [5.41, 5.74) is -1.62. The summed E-state index contributed by atoms with van der Waals surface area (Å²) in [6, 6.07) is 4.86. The predicted octanol–water partition coefficient (Wildman–Crippen LogP) is 3.68. The monoisotopic (exact) mass is 300 g/mol. The summed E-state index contributed by atoms with van der Waals surface area (Å²) < 4.78 is 51.8. The number of halogens is 4. The highest BCUT2D eigenvalue weighted by Crippen LogP contribution is 2.34. The maximum absolute atomic E-state index is 13.5. The third-order valence-corrected chi connectivity index (χ3v) is 2.58. The average molecular weight is 300 g/mol. The summed E-state index contributed by atoms with van der Waals surface area (Å²) in [7, 11) is 0. The molecular weight excluding hydrogens is 292 g/mol. The first-order chi connectivity index (χ1) is 9.79. The summed E-state index contributed by atoms with van der Waals surface area (Å²) in [4.78, 5) is 14.2. The highest BCUT2D eigenvalue weighted by atomic mass is 19.4. The fourth-order valence-corrected chi connectivity index (χ4v) is 1.64. The van der Waals surface area contributed by atoms with Crippen LogP contribution in [-0.2, 0) is 6.18 Å². The molecule has 0 spiro atoms. The lowest BCUT2D eigenvalue weighted by atomic mass is 10.2. The third kappa shape index (κ3) is 3.28. The van der Waals surface area contributed by atoms with E-state index in [0.717, 1.165) is 36.5 Å². The van der Waals surface area contributed by atoms with Gasteiger partial charge in [-0.3, -0.25) is 0 Å². The number of anilines is 2. The molecule has 8 heteroatoms. The van der Waals surface area contributed by atoms with E-state index in [1.165, 1.54) is 0 Å². The molecule has 2 N–H and O–H groups in total. The number of hydrogen-bond donors (Lipinski definition) is 2. The van der Waals surface area contributed by atoms with Gasteiger partial charge in [-0.25, -0.2) is 14.2 Å². The number of aromatic nitrogens is 1. The Morgan fingerprint density at radius 2 is 1.95 bits per heavy atom. The largest absolute Gasteiger partial charge is 0.478 e. The van der Waals surface area contributed by atoms with E-state index in [1.807, 2.05) is 0 Å².